The Morgan fingerprint density at radius 1 is 1.33 bits per heavy atom. The average Bonchev–Trinajstić information content (AvgIpc) is 2.38. The molecule has 0 spiro atoms. The number of rotatable bonds is 7. The van der Waals surface area contributed by atoms with E-state index in [1.807, 2.05) is 18.3 Å². The van der Waals surface area contributed by atoms with Crippen molar-refractivity contribution >= 4 is 11.6 Å². The Hall–Kier alpha value is -0.980. The van der Waals surface area contributed by atoms with E-state index >= 15 is 0 Å². The second kappa shape index (κ2) is 7.33. The summed E-state index contributed by atoms with van der Waals surface area (Å²) in [7, 11) is 0. The van der Waals surface area contributed by atoms with Gasteiger partial charge >= 0.3 is 6.18 Å². The number of halogens is 4. The molecule has 120 valence electrons. The van der Waals surface area contributed by atoms with Gasteiger partial charge in [-0.25, -0.2) is 0 Å². The van der Waals surface area contributed by atoms with E-state index in [1.54, 1.807) is 12.1 Å². The summed E-state index contributed by atoms with van der Waals surface area (Å²) in [5.74, 6) is 0.624. The Bertz CT molecular complexity index is 464. The van der Waals surface area contributed by atoms with Gasteiger partial charge in [-0.1, -0.05) is 18.5 Å². The van der Waals surface area contributed by atoms with Crippen molar-refractivity contribution in [3.05, 3.63) is 28.8 Å². The van der Waals surface area contributed by atoms with Crippen LogP contribution in [0.1, 0.15) is 25.8 Å². The summed E-state index contributed by atoms with van der Waals surface area (Å²) in [6.45, 7) is 2.88. The Morgan fingerprint density at radius 2 is 2.00 bits per heavy atom. The Morgan fingerprint density at radius 3 is 2.57 bits per heavy atom. The molecule has 0 aliphatic carbocycles. The van der Waals surface area contributed by atoms with Crippen molar-refractivity contribution < 1.29 is 23.0 Å². The lowest BCUT2D eigenvalue weighted by Crippen LogP contribution is -2.54. The van der Waals surface area contributed by atoms with E-state index in [0.717, 1.165) is 12.0 Å². The van der Waals surface area contributed by atoms with Gasteiger partial charge in [-0.3, -0.25) is 5.32 Å². The maximum absolute atomic E-state index is 12.4. The predicted octanol–water partition coefficient (Wildman–Crippen LogP) is 3.53. The zero-order chi connectivity index (χ0) is 16.1. The molecule has 1 aromatic carbocycles. The van der Waals surface area contributed by atoms with Crippen LogP contribution in [0.15, 0.2) is 18.2 Å². The topological polar surface area (TPSA) is 41.5 Å². The number of ether oxygens (including phenoxy) is 1. The van der Waals surface area contributed by atoms with Crippen molar-refractivity contribution in [2.75, 3.05) is 13.2 Å². The molecule has 1 rings (SSSR count). The lowest BCUT2D eigenvalue weighted by Gasteiger charge is -2.27. The zero-order valence-corrected chi connectivity index (χ0v) is 12.7. The molecule has 0 aliphatic heterocycles. The van der Waals surface area contributed by atoms with Crippen LogP contribution in [0.2, 0.25) is 5.02 Å². The van der Waals surface area contributed by atoms with E-state index in [1.165, 1.54) is 0 Å². The van der Waals surface area contributed by atoms with Gasteiger partial charge in [0.15, 0.2) is 0 Å². The zero-order valence-electron chi connectivity index (χ0n) is 11.9. The van der Waals surface area contributed by atoms with Gasteiger partial charge < -0.3 is 9.84 Å². The van der Waals surface area contributed by atoms with Gasteiger partial charge in [0.1, 0.15) is 5.75 Å². The Labute approximate surface area is 127 Å². The van der Waals surface area contributed by atoms with E-state index in [2.05, 4.69) is 0 Å². The molecule has 7 heteroatoms. The van der Waals surface area contributed by atoms with E-state index in [9.17, 15) is 18.3 Å². The normalized spacial score (nSPS) is 14.8. The summed E-state index contributed by atoms with van der Waals surface area (Å²) in [6, 6.07) is 5.24. The monoisotopic (exact) mass is 325 g/mol. The minimum absolute atomic E-state index is 0.0132. The van der Waals surface area contributed by atoms with Crippen molar-refractivity contribution in [3.8, 4) is 5.75 Å². The smallest absolute Gasteiger partial charge is 0.430 e. The minimum Gasteiger partial charge on any atom is -0.494 e. The molecule has 21 heavy (non-hydrogen) atoms. The molecule has 3 nitrogen and oxygen atoms in total. The summed E-state index contributed by atoms with van der Waals surface area (Å²) < 4.78 is 42.6. The van der Waals surface area contributed by atoms with Crippen molar-refractivity contribution in [1.82, 2.24) is 5.32 Å². The van der Waals surface area contributed by atoms with Gasteiger partial charge in [0.2, 0.25) is 5.72 Å². The third-order valence-electron chi connectivity index (χ3n) is 3.01. The van der Waals surface area contributed by atoms with Crippen LogP contribution in [0.5, 0.6) is 5.75 Å². The van der Waals surface area contributed by atoms with E-state index in [4.69, 9.17) is 16.3 Å². The lowest BCUT2D eigenvalue weighted by atomic mass is 10.1. The first-order chi connectivity index (χ1) is 9.67. The summed E-state index contributed by atoms with van der Waals surface area (Å²) >= 11 is 5.97. The van der Waals surface area contributed by atoms with Crippen LogP contribution in [0.3, 0.4) is 0 Å². The highest BCUT2D eigenvalue weighted by atomic mass is 35.5. The van der Waals surface area contributed by atoms with Crippen molar-refractivity contribution in [1.29, 1.82) is 0 Å². The van der Waals surface area contributed by atoms with Crippen LogP contribution in [-0.2, 0) is 6.42 Å². The molecule has 0 heterocycles. The minimum atomic E-state index is -4.71. The van der Waals surface area contributed by atoms with Crippen LogP contribution >= 0.6 is 11.6 Å². The van der Waals surface area contributed by atoms with Crippen LogP contribution in [0.4, 0.5) is 13.2 Å². The quantitative estimate of drug-likeness (QED) is 0.595. The van der Waals surface area contributed by atoms with Crippen LogP contribution in [-0.4, -0.2) is 30.2 Å². The number of aliphatic hydroxyl groups is 1. The number of alkyl halides is 3. The van der Waals surface area contributed by atoms with Crippen LogP contribution in [0, 0.1) is 0 Å². The van der Waals surface area contributed by atoms with E-state index < -0.39 is 11.9 Å². The second-order valence-electron chi connectivity index (χ2n) is 4.81. The van der Waals surface area contributed by atoms with Gasteiger partial charge in [-0.15, -0.1) is 0 Å². The third-order valence-corrected chi connectivity index (χ3v) is 3.38. The van der Waals surface area contributed by atoms with E-state index in [0.29, 0.717) is 24.1 Å². The summed E-state index contributed by atoms with van der Waals surface area (Å²) in [5.41, 5.74) is -1.94. The highest BCUT2D eigenvalue weighted by Crippen LogP contribution is 2.27. The molecule has 1 atom stereocenters. The fourth-order valence-electron chi connectivity index (χ4n) is 1.61. The number of nitrogens with one attached hydrogen (secondary N) is 1. The van der Waals surface area contributed by atoms with Crippen molar-refractivity contribution in [2.45, 2.75) is 38.6 Å². The molecular weight excluding hydrogens is 307 g/mol. The molecule has 0 fully saturated rings. The van der Waals surface area contributed by atoms with Gasteiger partial charge in [0.05, 0.1) is 6.61 Å². The molecule has 0 aromatic heterocycles. The lowest BCUT2D eigenvalue weighted by molar-refractivity contribution is -0.265. The van der Waals surface area contributed by atoms with Gasteiger partial charge in [-0.05, 0) is 43.5 Å². The fraction of sp³-hybridized carbons (Fsp3) is 0.571. The Kier molecular flexibility index (Phi) is 6.31. The average molecular weight is 326 g/mol. The van der Waals surface area contributed by atoms with Gasteiger partial charge in [-0.2, -0.15) is 13.2 Å². The predicted molar refractivity (Wildman–Crippen MR) is 75.6 cm³/mol. The standard InChI is InChI=1S/C14H19ClF3NO2/c1-3-10-9-11(5-6-12(10)15)21-8-4-7-19-13(2,20)14(16,17)18/h5-6,9,19-20H,3-4,7-8H2,1-2H3. The maximum Gasteiger partial charge on any atom is 0.430 e. The molecule has 0 aliphatic rings. The van der Waals surface area contributed by atoms with Gasteiger partial charge in [0.25, 0.3) is 0 Å². The number of hydrogen-bond acceptors (Lipinski definition) is 3. The molecule has 2 N–H and O–H groups in total. The SMILES string of the molecule is CCc1cc(OCCCNC(C)(O)C(F)(F)F)ccc1Cl. The number of aryl methyl sites for hydroxylation is 1. The first kappa shape index (κ1) is 18.1. The molecule has 1 aromatic rings. The molecule has 0 radical (unpaired) electrons. The third kappa shape index (κ3) is 5.37. The summed E-state index contributed by atoms with van der Waals surface area (Å²) in [4.78, 5) is 0. The van der Waals surface area contributed by atoms with Gasteiger partial charge in [0, 0.05) is 11.6 Å². The highest BCUT2D eigenvalue weighted by Gasteiger charge is 2.49. The number of hydrogen-bond donors (Lipinski definition) is 2. The molecule has 1 unspecified atom stereocenters. The molecule has 0 bridgehead atoms. The first-order valence-electron chi connectivity index (χ1n) is 6.62. The fourth-order valence-corrected chi connectivity index (χ4v) is 1.86. The summed E-state index contributed by atoms with van der Waals surface area (Å²) in [5, 5.41) is 11.9. The summed E-state index contributed by atoms with van der Waals surface area (Å²) in [6.07, 6.45) is -3.61. The largest absolute Gasteiger partial charge is 0.494 e. The molecule has 0 saturated heterocycles. The Balaban J connectivity index is 2.35. The van der Waals surface area contributed by atoms with Crippen molar-refractivity contribution in [3.63, 3.8) is 0 Å². The maximum atomic E-state index is 12.4. The first-order valence-corrected chi connectivity index (χ1v) is 7.00. The molecule has 0 amide bonds. The molecular formula is C14H19ClF3NO2. The highest BCUT2D eigenvalue weighted by molar-refractivity contribution is 6.31. The van der Waals surface area contributed by atoms with Crippen LogP contribution in [0.25, 0.3) is 0 Å². The number of benzene rings is 1. The molecule has 0 saturated carbocycles. The van der Waals surface area contributed by atoms with E-state index in [-0.39, 0.29) is 13.2 Å². The second-order valence-corrected chi connectivity index (χ2v) is 5.21. The van der Waals surface area contributed by atoms with Crippen LogP contribution < -0.4 is 10.1 Å². The van der Waals surface area contributed by atoms with Crippen molar-refractivity contribution in [2.24, 2.45) is 0 Å².